The van der Waals surface area contributed by atoms with Crippen molar-refractivity contribution < 1.29 is 4.79 Å². The van der Waals surface area contributed by atoms with Gasteiger partial charge in [-0.1, -0.05) is 42.5 Å². The zero-order valence-corrected chi connectivity index (χ0v) is 15.4. The second kappa shape index (κ2) is 7.27. The molecule has 136 valence electrons. The predicted octanol–water partition coefficient (Wildman–Crippen LogP) is 2.30. The van der Waals surface area contributed by atoms with Gasteiger partial charge in [-0.05, 0) is 32.6 Å². The molecule has 26 heavy (non-hydrogen) atoms. The minimum Gasteiger partial charge on any atom is -0.366 e. The summed E-state index contributed by atoms with van der Waals surface area (Å²) in [4.78, 5) is 18.6. The van der Waals surface area contributed by atoms with Crippen LogP contribution in [0.2, 0.25) is 0 Å². The standard InChI is InChI=1S/C20H25N5O/c1-20(24-17(12-25(2)3)14-8-5-4-6-9-14)16-11-7-10-15(19(21)26)18(16)22-13-23-20/h4-11,13,17,24H,12H2,1-3H3,(H2,21,26)(H,22,23). The molecule has 0 fully saturated rings. The van der Waals surface area contributed by atoms with Crippen LogP contribution in [0.1, 0.15) is 34.5 Å². The molecule has 1 amide bonds. The maximum atomic E-state index is 11.8. The number of para-hydroxylation sites is 1. The van der Waals surface area contributed by atoms with Crippen molar-refractivity contribution in [3.8, 4) is 0 Å². The van der Waals surface area contributed by atoms with Crippen molar-refractivity contribution in [2.24, 2.45) is 10.7 Å². The summed E-state index contributed by atoms with van der Waals surface area (Å²) >= 11 is 0. The van der Waals surface area contributed by atoms with Gasteiger partial charge in [0, 0.05) is 18.2 Å². The Labute approximate surface area is 154 Å². The van der Waals surface area contributed by atoms with Gasteiger partial charge in [-0.15, -0.1) is 0 Å². The van der Waals surface area contributed by atoms with Crippen LogP contribution in [0, 0.1) is 0 Å². The highest BCUT2D eigenvalue weighted by atomic mass is 16.1. The van der Waals surface area contributed by atoms with Crippen LogP contribution in [-0.4, -0.2) is 37.8 Å². The van der Waals surface area contributed by atoms with Crippen molar-refractivity contribution in [1.82, 2.24) is 10.2 Å². The highest BCUT2D eigenvalue weighted by molar-refractivity contribution is 6.02. The van der Waals surface area contributed by atoms with E-state index in [4.69, 9.17) is 5.73 Å². The van der Waals surface area contributed by atoms with Gasteiger partial charge >= 0.3 is 0 Å². The number of carbonyl (C=O) groups excluding carboxylic acids is 1. The summed E-state index contributed by atoms with van der Waals surface area (Å²) in [6.45, 7) is 2.83. The second-order valence-electron chi connectivity index (χ2n) is 6.94. The Morgan fingerprint density at radius 2 is 1.96 bits per heavy atom. The molecular weight excluding hydrogens is 326 g/mol. The van der Waals surface area contributed by atoms with Crippen molar-refractivity contribution >= 4 is 17.9 Å². The summed E-state index contributed by atoms with van der Waals surface area (Å²) in [5.41, 5.74) is 8.11. The van der Waals surface area contributed by atoms with Crippen LogP contribution >= 0.6 is 0 Å². The zero-order valence-electron chi connectivity index (χ0n) is 15.4. The Kier molecular flexibility index (Phi) is 5.06. The normalized spacial score (nSPS) is 19.7. The number of amides is 1. The first-order valence-electron chi connectivity index (χ1n) is 8.61. The quantitative estimate of drug-likeness (QED) is 0.746. The number of primary amides is 1. The number of carbonyl (C=O) groups is 1. The number of fused-ring (bicyclic) bond motifs is 1. The molecular formula is C20H25N5O. The summed E-state index contributed by atoms with van der Waals surface area (Å²) in [6.07, 6.45) is 1.62. The number of benzene rings is 2. The SMILES string of the molecule is CN(C)CC(NC1(C)N=CNc2c(C(N)=O)cccc21)c1ccccc1. The third-order valence-electron chi connectivity index (χ3n) is 4.59. The van der Waals surface area contributed by atoms with Crippen molar-refractivity contribution in [2.75, 3.05) is 26.0 Å². The number of rotatable bonds is 6. The summed E-state index contributed by atoms with van der Waals surface area (Å²) in [7, 11) is 4.09. The highest BCUT2D eigenvalue weighted by Crippen LogP contribution is 2.36. The lowest BCUT2D eigenvalue weighted by atomic mass is 9.93. The van der Waals surface area contributed by atoms with Crippen molar-refractivity contribution in [3.63, 3.8) is 0 Å². The number of hydrogen-bond acceptors (Lipinski definition) is 5. The van der Waals surface area contributed by atoms with Crippen LogP contribution in [0.15, 0.2) is 53.5 Å². The maximum Gasteiger partial charge on any atom is 0.250 e. The molecule has 2 aromatic carbocycles. The third kappa shape index (κ3) is 3.61. The van der Waals surface area contributed by atoms with Crippen LogP contribution in [0.25, 0.3) is 0 Å². The Hall–Kier alpha value is -2.70. The summed E-state index contributed by atoms with van der Waals surface area (Å²) in [5.74, 6) is -0.458. The number of nitrogens with zero attached hydrogens (tertiary/aromatic N) is 2. The van der Waals surface area contributed by atoms with E-state index in [1.165, 1.54) is 5.56 Å². The van der Waals surface area contributed by atoms with Gasteiger partial charge in [0.15, 0.2) is 0 Å². The minimum absolute atomic E-state index is 0.0662. The van der Waals surface area contributed by atoms with Crippen LogP contribution in [0.4, 0.5) is 5.69 Å². The molecule has 0 radical (unpaired) electrons. The van der Waals surface area contributed by atoms with E-state index in [9.17, 15) is 4.79 Å². The highest BCUT2D eigenvalue weighted by Gasteiger charge is 2.34. The first-order valence-corrected chi connectivity index (χ1v) is 8.61. The molecule has 0 saturated heterocycles. The molecule has 6 heteroatoms. The molecule has 6 nitrogen and oxygen atoms in total. The topological polar surface area (TPSA) is 82.8 Å². The van der Waals surface area contributed by atoms with Crippen LogP contribution in [-0.2, 0) is 5.66 Å². The third-order valence-corrected chi connectivity index (χ3v) is 4.59. The first kappa shape index (κ1) is 18.1. The van der Waals surface area contributed by atoms with Crippen molar-refractivity contribution in [3.05, 3.63) is 65.2 Å². The fourth-order valence-electron chi connectivity index (χ4n) is 3.35. The zero-order chi connectivity index (χ0) is 18.7. The van der Waals surface area contributed by atoms with E-state index in [0.29, 0.717) is 11.3 Å². The van der Waals surface area contributed by atoms with Crippen molar-refractivity contribution in [2.45, 2.75) is 18.6 Å². The van der Waals surface area contributed by atoms with E-state index in [2.05, 4.69) is 32.7 Å². The number of hydrogen-bond donors (Lipinski definition) is 3. The van der Waals surface area contributed by atoms with E-state index < -0.39 is 11.6 Å². The van der Waals surface area contributed by atoms with E-state index in [0.717, 1.165) is 12.1 Å². The molecule has 0 bridgehead atoms. The number of nitrogens with two attached hydrogens (primary N) is 1. The smallest absolute Gasteiger partial charge is 0.250 e. The molecule has 4 N–H and O–H groups in total. The molecule has 1 aliphatic heterocycles. The average molecular weight is 351 g/mol. The largest absolute Gasteiger partial charge is 0.366 e. The van der Waals surface area contributed by atoms with E-state index in [-0.39, 0.29) is 6.04 Å². The van der Waals surface area contributed by atoms with Crippen LogP contribution in [0.3, 0.4) is 0 Å². The molecule has 1 aliphatic rings. The minimum atomic E-state index is -0.678. The fourth-order valence-corrected chi connectivity index (χ4v) is 3.35. The summed E-state index contributed by atoms with van der Waals surface area (Å²) in [5, 5.41) is 6.75. The number of nitrogens with one attached hydrogen (secondary N) is 2. The molecule has 0 aromatic heterocycles. The van der Waals surface area contributed by atoms with Gasteiger partial charge < -0.3 is 16.0 Å². The monoisotopic (exact) mass is 351 g/mol. The first-order chi connectivity index (χ1) is 12.4. The second-order valence-corrected chi connectivity index (χ2v) is 6.94. The van der Waals surface area contributed by atoms with Gasteiger partial charge in [0.05, 0.1) is 17.6 Å². The van der Waals surface area contributed by atoms with Gasteiger partial charge in [0.1, 0.15) is 5.66 Å². The lowest BCUT2D eigenvalue weighted by Gasteiger charge is -2.37. The lowest BCUT2D eigenvalue weighted by molar-refractivity contribution is 0.100. The van der Waals surface area contributed by atoms with Gasteiger partial charge in [-0.3, -0.25) is 10.1 Å². The summed E-state index contributed by atoms with van der Waals surface area (Å²) < 4.78 is 0. The van der Waals surface area contributed by atoms with Gasteiger partial charge in [0.2, 0.25) is 0 Å². The molecule has 0 saturated carbocycles. The molecule has 0 spiro atoms. The molecule has 3 rings (SSSR count). The molecule has 1 heterocycles. The molecule has 2 unspecified atom stereocenters. The maximum absolute atomic E-state index is 11.8. The van der Waals surface area contributed by atoms with Crippen molar-refractivity contribution in [1.29, 1.82) is 0 Å². The van der Waals surface area contributed by atoms with E-state index in [1.807, 2.05) is 51.4 Å². The summed E-state index contributed by atoms with van der Waals surface area (Å²) in [6, 6.07) is 15.9. The number of likely N-dealkylation sites (N-methyl/N-ethyl adjacent to an activating group) is 1. The van der Waals surface area contributed by atoms with Gasteiger partial charge in [-0.25, -0.2) is 4.99 Å². The van der Waals surface area contributed by atoms with Gasteiger partial charge in [0.25, 0.3) is 5.91 Å². The molecule has 0 aliphatic carbocycles. The van der Waals surface area contributed by atoms with E-state index in [1.54, 1.807) is 12.4 Å². The fraction of sp³-hybridized carbons (Fsp3) is 0.300. The average Bonchev–Trinajstić information content (AvgIpc) is 2.61. The van der Waals surface area contributed by atoms with Gasteiger partial charge in [-0.2, -0.15) is 0 Å². The van der Waals surface area contributed by atoms with Crippen LogP contribution in [0.5, 0.6) is 0 Å². The Balaban J connectivity index is 2.00. The number of anilines is 1. The van der Waals surface area contributed by atoms with Crippen LogP contribution < -0.4 is 16.4 Å². The Bertz CT molecular complexity index is 818. The number of aliphatic imine (C=N–C) groups is 1. The molecule has 2 aromatic rings. The Morgan fingerprint density at radius 3 is 2.62 bits per heavy atom. The molecule has 2 atom stereocenters. The Morgan fingerprint density at radius 1 is 1.23 bits per heavy atom. The lowest BCUT2D eigenvalue weighted by Crippen LogP contribution is -2.45. The van der Waals surface area contributed by atoms with E-state index >= 15 is 0 Å². The predicted molar refractivity (Wildman–Crippen MR) is 105 cm³/mol.